The fraction of sp³-hybridized carbons (Fsp3) is 0.941. The fourth-order valence-corrected chi connectivity index (χ4v) is 7.66. The molecule has 0 radical (unpaired) electrons. The second-order valence-electron chi connectivity index (χ2n) is 17.7. The van der Waals surface area contributed by atoms with Crippen molar-refractivity contribution in [3.8, 4) is 0 Å². The smallest absolute Gasteiger partial charge is 0.306 e. The summed E-state index contributed by atoms with van der Waals surface area (Å²) in [6, 6.07) is 0. The van der Waals surface area contributed by atoms with E-state index in [0.717, 1.165) is 70.1 Å². The minimum atomic E-state index is -0.758. The Labute approximate surface area is 355 Å². The number of hydrogen-bond donors (Lipinski definition) is 0. The lowest BCUT2D eigenvalue weighted by Gasteiger charge is -2.18. The van der Waals surface area contributed by atoms with Crippen molar-refractivity contribution in [1.29, 1.82) is 0 Å². The van der Waals surface area contributed by atoms with Gasteiger partial charge in [-0.3, -0.25) is 14.4 Å². The molecule has 6 heteroatoms. The zero-order chi connectivity index (χ0) is 41.7. The lowest BCUT2D eigenvalue weighted by atomic mass is 9.99. The Morgan fingerprint density at radius 2 is 0.614 bits per heavy atom. The van der Waals surface area contributed by atoms with Gasteiger partial charge in [-0.1, -0.05) is 246 Å². The number of hydrogen-bond acceptors (Lipinski definition) is 6. The van der Waals surface area contributed by atoms with Crippen molar-refractivity contribution in [2.75, 3.05) is 13.2 Å². The number of unbranched alkanes of at least 4 members (excludes halogenated alkanes) is 32. The van der Waals surface area contributed by atoms with E-state index in [1.165, 1.54) is 173 Å². The Balaban J connectivity index is 4.06. The molecule has 0 spiro atoms. The van der Waals surface area contributed by atoms with Crippen molar-refractivity contribution in [1.82, 2.24) is 0 Å². The van der Waals surface area contributed by atoms with Crippen LogP contribution in [0.1, 0.15) is 285 Å². The minimum Gasteiger partial charge on any atom is -0.462 e. The van der Waals surface area contributed by atoms with Gasteiger partial charge in [0.25, 0.3) is 0 Å². The molecule has 1 unspecified atom stereocenters. The molecular formula is C51H98O6. The highest BCUT2D eigenvalue weighted by atomic mass is 16.6. The number of carbonyl (C=O) groups excluding carboxylic acids is 3. The Hall–Kier alpha value is -1.59. The van der Waals surface area contributed by atoms with E-state index in [1.807, 2.05) is 0 Å². The second kappa shape index (κ2) is 45.5. The average Bonchev–Trinajstić information content (AvgIpc) is 3.21. The molecule has 0 saturated carbocycles. The van der Waals surface area contributed by atoms with Crippen LogP contribution in [0.5, 0.6) is 0 Å². The molecule has 0 aliphatic rings. The van der Waals surface area contributed by atoms with Crippen molar-refractivity contribution in [3.05, 3.63) is 0 Å². The quantitative estimate of drug-likeness (QED) is 0.0346. The van der Waals surface area contributed by atoms with Crippen LogP contribution in [0.4, 0.5) is 0 Å². The number of esters is 3. The highest BCUT2D eigenvalue weighted by Crippen LogP contribution is 2.18. The van der Waals surface area contributed by atoms with Gasteiger partial charge in [-0.2, -0.15) is 0 Å². The van der Waals surface area contributed by atoms with Gasteiger partial charge in [-0.15, -0.1) is 0 Å². The van der Waals surface area contributed by atoms with E-state index in [0.29, 0.717) is 19.3 Å². The molecule has 0 bridgehead atoms. The normalized spacial score (nSPS) is 12.4. The van der Waals surface area contributed by atoms with Crippen molar-refractivity contribution < 1.29 is 28.6 Å². The molecule has 0 rings (SSSR count). The molecular weight excluding hydrogens is 709 g/mol. The molecule has 0 aliphatic heterocycles. The molecule has 0 saturated heterocycles. The van der Waals surface area contributed by atoms with Crippen LogP contribution in [0, 0.1) is 5.92 Å². The van der Waals surface area contributed by atoms with Crippen molar-refractivity contribution in [2.45, 2.75) is 291 Å². The summed E-state index contributed by atoms with van der Waals surface area (Å²) in [5.41, 5.74) is 0. The molecule has 0 aromatic carbocycles. The second-order valence-corrected chi connectivity index (χ2v) is 17.7. The highest BCUT2D eigenvalue weighted by molar-refractivity contribution is 5.71. The van der Waals surface area contributed by atoms with E-state index < -0.39 is 6.10 Å². The van der Waals surface area contributed by atoms with Crippen LogP contribution in [-0.4, -0.2) is 37.2 Å². The lowest BCUT2D eigenvalue weighted by molar-refractivity contribution is -0.167. The molecule has 0 heterocycles. The van der Waals surface area contributed by atoms with E-state index in [9.17, 15) is 14.4 Å². The molecule has 338 valence electrons. The summed E-state index contributed by atoms with van der Waals surface area (Å²) in [5.74, 6) is 0.0475. The van der Waals surface area contributed by atoms with Gasteiger partial charge in [-0.25, -0.2) is 0 Å². The largest absolute Gasteiger partial charge is 0.462 e. The maximum Gasteiger partial charge on any atom is 0.306 e. The molecule has 0 amide bonds. The highest BCUT2D eigenvalue weighted by Gasteiger charge is 2.19. The molecule has 0 aromatic heterocycles. The lowest BCUT2D eigenvalue weighted by Crippen LogP contribution is -2.30. The number of rotatable bonds is 46. The van der Waals surface area contributed by atoms with Gasteiger partial charge >= 0.3 is 17.9 Å². The molecule has 0 aromatic rings. The predicted octanol–water partition coefficient (Wildman–Crippen LogP) is 16.3. The van der Waals surface area contributed by atoms with Crippen LogP contribution in [0.15, 0.2) is 0 Å². The van der Waals surface area contributed by atoms with Crippen LogP contribution in [0.2, 0.25) is 0 Å². The fourth-order valence-electron chi connectivity index (χ4n) is 7.66. The SMILES string of the molecule is CCCCCCCCCCCCCCC(=O)OC[C@@H](COC(=O)CCCCCCC)OC(=O)CCCCCCCCCCCCCCCCCCCCC(C)CC. The van der Waals surface area contributed by atoms with E-state index in [1.54, 1.807) is 0 Å². The Kier molecular flexibility index (Phi) is 44.2. The topological polar surface area (TPSA) is 78.9 Å². The molecule has 0 aliphatic carbocycles. The number of carbonyl (C=O) groups is 3. The minimum absolute atomic E-state index is 0.0640. The van der Waals surface area contributed by atoms with E-state index >= 15 is 0 Å². The first-order valence-electron chi connectivity index (χ1n) is 25.4. The molecule has 0 N–H and O–H groups in total. The third-order valence-corrected chi connectivity index (χ3v) is 11.9. The predicted molar refractivity (Wildman–Crippen MR) is 243 cm³/mol. The summed E-state index contributed by atoms with van der Waals surface area (Å²) >= 11 is 0. The summed E-state index contributed by atoms with van der Waals surface area (Å²) in [6.07, 6.45) is 46.9. The maximum absolute atomic E-state index is 12.7. The van der Waals surface area contributed by atoms with Crippen LogP contribution in [-0.2, 0) is 28.6 Å². The standard InChI is InChI=1S/C51H98O6/c1-5-8-10-12-13-14-15-25-28-31-35-39-43-50(53)56-46-48(45-55-49(52)42-38-33-11-9-6-2)57-51(54)44-40-36-32-29-26-23-21-19-17-16-18-20-22-24-27-30-34-37-41-47(4)7-3/h47-48H,5-46H2,1-4H3/t47?,48-/m1/s1. The number of ether oxygens (including phenoxy) is 3. The van der Waals surface area contributed by atoms with Crippen molar-refractivity contribution >= 4 is 17.9 Å². The van der Waals surface area contributed by atoms with Crippen LogP contribution in [0.25, 0.3) is 0 Å². The average molecular weight is 807 g/mol. The Morgan fingerprint density at radius 3 is 0.912 bits per heavy atom. The summed E-state index contributed by atoms with van der Waals surface area (Å²) in [6.45, 7) is 8.99. The van der Waals surface area contributed by atoms with Gasteiger partial charge in [0.15, 0.2) is 6.10 Å². The van der Waals surface area contributed by atoms with Gasteiger partial charge in [-0.05, 0) is 25.2 Å². The van der Waals surface area contributed by atoms with Crippen LogP contribution in [0.3, 0.4) is 0 Å². The summed E-state index contributed by atoms with van der Waals surface area (Å²) in [5, 5.41) is 0. The van der Waals surface area contributed by atoms with E-state index in [2.05, 4.69) is 27.7 Å². The molecule has 6 nitrogen and oxygen atoms in total. The van der Waals surface area contributed by atoms with Gasteiger partial charge in [0.1, 0.15) is 13.2 Å². The first-order valence-corrected chi connectivity index (χ1v) is 25.4. The van der Waals surface area contributed by atoms with Gasteiger partial charge in [0.05, 0.1) is 0 Å². The summed E-state index contributed by atoms with van der Waals surface area (Å²) in [4.78, 5) is 37.6. The first kappa shape index (κ1) is 55.4. The monoisotopic (exact) mass is 807 g/mol. The van der Waals surface area contributed by atoms with E-state index in [4.69, 9.17) is 14.2 Å². The van der Waals surface area contributed by atoms with E-state index in [-0.39, 0.29) is 31.1 Å². The first-order chi connectivity index (χ1) is 27.9. The third-order valence-electron chi connectivity index (χ3n) is 11.9. The van der Waals surface area contributed by atoms with Crippen molar-refractivity contribution in [3.63, 3.8) is 0 Å². The third kappa shape index (κ3) is 43.8. The van der Waals surface area contributed by atoms with Gasteiger partial charge < -0.3 is 14.2 Å². The Bertz CT molecular complexity index is 859. The molecule has 57 heavy (non-hydrogen) atoms. The van der Waals surface area contributed by atoms with Crippen molar-refractivity contribution in [2.24, 2.45) is 5.92 Å². The molecule has 2 atom stereocenters. The zero-order valence-electron chi connectivity index (χ0n) is 38.8. The van der Waals surface area contributed by atoms with Crippen LogP contribution >= 0.6 is 0 Å². The van der Waals surface area contributed by atoms with Crippen LogP contribution < -0.4 is 0 Å². The molecule has 0 fully saturated rings. The zero-order valence-corrected chi connectivity index (χ0v) is 38.8. The van der Waals surface area contributed by atoms with Gasteiger partial charge in [0, 0.05) is 19.3 Å². The summed E-state index contributed by atoms with van der Waals surface area (Å²) in [7, 11) is 0. The summed E-state index contributed by atoms with van der Waals surface area (Å²) < 4.78 is 16.7. The van der Waals surface area contributed by atoms with Gasteiger partial charge in [0.2, 0.25) is 0 Å². The Morgan fingerprint density at radius 1 is 0.351 bits per heavy atom. The maximum atomic E-state index is 12.7.